The molecule has 3 N–H and O–H groups in total. The molecule has 0 amide bonds. The quantitative estimate of drug-likeness (QED) is 0.0169. The highest BCUT2D eigenvalue weighted by Crippen LogP contribution is 2.45. The van der Waals surface area contributed by atoms with Gasteiger partial charge in [0.05, 0.1) is 26.4 Å². The van der Waals surface area contributed by atoms with E-state index in [2.05, 4.69) is 113 Å². The average Bonchev–Trinajstić information content (AvgIpc) is 1.06. The Hall–Kier alpha value is -3.76. The molecule has 0 aromatic heterocycles. The van der Waals surface area contributed by atoms with Crippen LogP contribution in [0.4, 0.5) is 0 Å². The molecule has 5 unspecified atom stereocenters. The van der Waals surface area contributed by atoms with Gasteiger partial charge in [0.2, 0.25) is 0 Å². The molecule has 0 saturated carbocycles. The van der Waals surface area contributed by atoms with Crippen LogP contribution in [0.5, 0.6) is 0 Å². The van der Waals surface area contributed by atoms with E-state index in [1.165, 1.54) is 89.9 Å². The Kier molecular flexibility index (Phi) is 70.8. The van der Waals surface area contributed by atoms with Crippen LogP contribution >= 0.6 is 15.6 Å². The van der Waals surface area contributed by atoms with Gasteiger partial charge in [0.15, 0.2) is 12.2 Å². The number of allylic oxidation sites excluding steroid dienone is 14. The van der Waals surface area contributed by atoms with E-state index in [0.29, 0.717) is 25.7 Å². The molecular weight excluding hydrogens is 1310 g/mol. The normalized spacial score (nSPS) is 14.3. The van der Waals surface area contributed by atoms with Crippen molar-refractivity contribution in [3.8, 4) is 0 Å². The minimum absolute atomic E-state index is 0.0778. The van der Waals surface area contributed by atoms with Gasteiger partial charge >= 0.3 is 39.5 Å². The summed E-state index contributed by atoms with van der Waals surface area (Å²) in [6.07, 6.45) is 75.6. The summed E-state index contributed by atoms with van der Waals surface area (Å²) in [5.41, 5.74) is 0. The van der Waals surface area contributed by atoms with Gasteiger partial charge in [0, 0.05) is 25.7 Å². The maximum Gasteiger partial charge on any atom is 0.472 e. The molecule has 17 nitrogen and oxygen atoms in total. The molecular formula is C81H144O17P2. The van der Waals surface area contributed by atoms with Crippen LogP contribution in [0.25, 0.3) is 0 Å². The SMILES string of the molecule is CC/C=C\C/C=C\C/C=C\CCCCCCCCCC(=O)OCC(COP(=O)(O)OCC(O)COP(=O)(O)OCC(COC(=O)CCCCCCCCCCCCCCCCC)OC(=O)CCCCCCC/C=C\C/C=C\CCC)OC(=O)CCCCCCC/C=C\C/C=C\CCCCC. The molecule has 580 valence electrons. The van der Waals surface area contributed by atoms with E-state index in [9.17, 15) is 43.2 Å². The number of ether oxygens (including phenoxy) is 4. The number of carbonyl (C=O) groups is 4. The van der Waals surface area contributed by atoms with Crippen LogP contribution in [0.3, 0.4) is 0 Å². The van der Waals surface area contributed by atoms with Crippen molar-refractivity contribution in [2.75, 3.05) is 39.6 Å². The summed E-state index contributed by atoms with van der Waals surface area (Å²) in [4.78, 5) is 73.0. The fourth-order valence-electron chi connectivity index (χ4n) is 10.8. The topological polar surface area (TPSA) is 237 Å². The van der Waals surface area contributed by atoms with Crippen molar-refractivity contribution in [1.29, 1.82) is 0 Å². The van der Waals surface area contributed by atoms with Gasteiger partial charge in [-0.15, -0.1) is 0 Å². The fraction of sp³-hybridized carbons (Fsp3) is 0.778. The van der Waals surface area contributed by atoms with Gasteiger partial charge in [-0.2, -0.15) is 0 Å². The minimum atomic E-state index is -4.98. The van der Waals surface area contributed by atoms with E-state index < -0.39 is 97.5 Å². The van der Waals surface area contributed by atoms with Gasteiger partial charge < -0.3 is 33.8 Å². The Morgan fingerprint density at radius 1 is 0.290 bits per heavy atom. The molecule has 100 heavy (non-hydrogen) atoms. The number of carbonyl (C=O) groups excluding carboxylic acids is 4. The van der Waals surface area contributed by atoms with E-state index >= 15 is 0 Å². The number of phosphoric acid groups is 2. The zero-order valence-corrected chi connectivity index (χ0v) is 65.2. The van der Waals surface area contributed by atoms with E-state index in [1.807, 2.05) is 0 Å². The third kappa shape index (κ3) is 72.6. The highest BCUT2D eigenvalue weighted by molar-refractivity contribution is 7.47. The molecule has 0 bridgehead atoms. The van der Waals surface area contributed by atoms with Crippen LogP contribution in [0.2, 0.25) is 0 Å². The lowest BCUT2D eigenvalue weighted by molar-refractivity contribution is -0.161. The van der Waals surface area contributed by atoms with Crippen LogP contribution in [0.1, 0.15) is 349 Å². The molecule has 19 heteroatoms. The van der Waals surface area contributed by atoms with Gasteiger partial charge in [0.1, 0.15) is 19.3 Å². The molecule has 0 rings (SSSR count). The number of esters is 4. The second kappa shape index (κ2) is 73.5. The Bertz CT molecular complexity index is 2230. The van der Waals surface area contributed by atoms with Crippen LogP contribution in [-0.4, -0.2) is 96.7 Å². The first-order valence-electron chi connectivity index (χ1n) is 39.8. The largest absolute Gasteiger partial charge is 0.472 e. The van der Waals surface area contributed by atoms with Crippen LogP contribution < -0.4 is 0 Å². The molecule has 0 saturated heterocycles. The molecule has 0 aliphatic carbocycles. The number of hydrogen-bond acceptors (Lipinski definition) is 15. The van der Waals surface area contributed by atoms with Crippen molar-refractivity contribution in [3.63, 3.8) is 0 Å². The fourth-order valence-corrected chi connectivity index (χ4v) is 12.4. The number of aliphatic hydroxyl groups is 1. The van der Waals surface area contributed by atoms with Crippen molar-refractivity contribution >= 4 is 39.5 Å². The van der Waals surface area contributed by atoms with Crippen molar-refractivity contribution in [2.24, 2.45) is 0 Å². The second-order valence-electron chi connectivity index (χ2n) is 26.6. The first-order chi connectivity index (χ1) is 48.7. The molecule has 0 aromatic rings. The zero-order valence-electron chi connectivity index (χ0n) is 63.4. The smallest absolute Gasteiger partial charge is 0.462 e. The molecule has 0 aromatic carbocycles. The lowest BCUT2D eigenvalue weighted by atomic mass is 10.0. The predicted molar refractivity (Wildman–Crippen MR) is 409 cm³/mol. The Morgan fingerprint density at radius 3 is 0.860 bits per heavy atom. The van der Waals surface area contributed by atoms with Gasteiger partial charge in [-0.25, -0.2) is 9.13 Å². The molecule has 0 radical (unpaired) electrons. The first-order valence-corrected chi connectivity index (χ1v) is 42.8. The molecule has 0 heterocycles. The number of aliphatic hydroxyl groups excluding tert-OH is 1. The summed E-state index contributed by atoms with van der Waals surface area (Å²) in [6, 6.07) is 0. The molecule has 0 fully saturated rings. The summed E-state index contributed by atoms with van der Waals surface area (Å²) in [7, 11) is -9.95. The maximum atomic E-state index is 13.1. The van der Waals surface area contributed by atoms with Crippen LogP contribution in [0.15, 0.2) is 85.1 Å². The Balaban J connectivity index is 5.34. The lowest BCUT2D eigenvalue weighted by Gasteiger charge is -2.21. The standard InChI is InChI=1S/C81H144O17P2/c1-5-9-13-17-21-25-29-33-36-37-40-43-46-50-54-58-62-66-79(84)92-72-77(98-81(86)68-64-60-56-52-48-44-39-35-31-27-23-19-15-11-7-3)74-96-100(89,90)94-70-75(82)69-93-99(87,88)95-73-76(97-80(85)67-63-59-55-51-47-41-32-28-24-20-16-12-8-4)71-91-78(83)65-61-57-53-49-45-42-38-34-30-26-22-18-14-10-6-2/h9,13,16,20-21,23,25,27-28,32-33,35-36,39,75-77,82H,5-8,10-12,14-15,17-19,22,24,26,29-31,34,37-38,40-74H2,1-4H3,(H,87,88)(H,89,90)/b13-9-,20-16-,25-21-,27-23-,32-28-,36-33-,39-35-. The zero-order chi connectivity index (χ0) is 73.2. The number of unbranched alkanes of at least 4 members (excludes halogenated alkanes) is 35. The number of hydrogen-bond donors (Lipinski definition) is 3. The number of phosphoric ester groups is 2. The van der Waals surface area contributed by atoms with Crippen LogP contribution in [-0.2, 0) is 65.4 Å². The molecule has 0 spiro atoms. The second-order valence-corrected chi connectivity index (χ2v) is 29.5. The third-order valence-corrected chi connectivity index (χ3v) is 18.7. The van der Waals surface area contributed by atoms with Gasteiger partial charge in [0.25, 0.3) is 0 Å². The monoisotopic (exact) mass is 1450 g/mol. The number of rotatable bonds is 75. The van der Waals surface area contributed by atoms with Crippen molar-refractivity contribution in [3.05, 3.63) is 85.1 Å². The molecule has 5 atom stereocenters. The van der Waals surface area contributed by atoms with E-state index in [4.69, 9.17) is 37.0 Å². The highest BCUT2D eigenvalue weighted by Gasteiger charge is 2.30. The maximum absolute atomic E-state index is 13.1. The van der Waals surface area contributed by atoms with Gasteiger partial charge in [-0.1, -0.05) is 293 Å². The Labute approximate surface area is 608 Å². The van der Waals surface area contributed by atoms with Crippen molar-refractivity contribution in [1.82, 2.24) is 0 Å². The Morgan fingerprint density at radius 2 is 0.540 bits per heavy atom. The van der Waals surface area contributed by atoms with E-state index in [0.717, 1.165) is 180 Å². The first kappa shape index (κ1) is 96.2. The van der Waals surface area contributed by atoms with E-state index in [-0.39, 0.29) is 25.7 Å². The summed E-state index contributed by atoms with van der Waals surface area (Å²) >= 11 is 0. The van der Waals surface area contributed by atoms with Crippen LogP contribution in [0, 0.1) is 0 Å². The van der Waals surface area contributed by atoms with Crippen molar-refractivity contribution < 1.29 is 80.2 Å². The van der Waals surface area contributed by atoms with E-state index in [1.54, 1.807) is 0 Å². The summed E-state index contributed by atoms with van der Waals surface area (Å²) in [5.74, 6) is -2.19. The van der Waals surface area contributed by atoms with Gasteiger partial charge in [-0.3, -0.25) is 37.3 Å². The summed E-state index contributed by atoms with van der Waals surface area (Å²) in [6.45, 7) is 4.68. The highest BCUT2D eigenvalue weighted by atomic mass is 31.2. The summed E-state index contributed by atoms with van der Waals surface area (Å²) < 4.78 is 68.6. The third-order valence-electron chi connectivity index (χ3n) is 16.8. The molecule has 0 aliphatic rings. The van der Waals surface area contributed by atoms with Crippen molar-refractivity contribution in [2.45, 2.75) is 367 Å². The average molecular weight is 1450 g/mol. The summed E-state index contributed by atoms with van der Waals surface area (Å²) in [5, 5.41) is 10.6. The van der Waals surface area contributed by atoms with Gasteiger partial charge in [-0.05, 0) is 116 Å². The minimum Gasteiger partial charge on any atom is -0.462 e. The predicted octanol–water partition coefficient (Wildman–Crippen LogP) is 23.0. The lowest BCUT2D eigenvalue weighted by Crippen LogP contribution is -2.30. The molecule has 0 aliphatic heterocycles.